The Morgan fingerprint density at radius 2 is 1.07 bits per heavy atom. The number of hydrogen-bond acceptors (Lipinski definition) is 1. The van der Waals surface area contributed by atoms with Crippen molar-refractivity contribution in [2.45, 2.75) is 0 Å². The zero-order valence-electron chi connectivity index (χ0n) is 16.2. The molecule has 0 spiro atoms. The summed E-state index contributed by atoms with van der Waals surface area (Å²) in [5.74, 6) is 0. The molecule has 0 aliphatic rings. The summed E-state index contributed by atoms with van der Waals surface area (Å²) in [6.45, 7) is 0. The fourth-order valence-electron chi connectivity index (χ4n) is 4.51. The number of rotatable bonds is 3. The lowest BCUT2D eigenvalue weighted by atomic mass is 9.93. The average Bonchev–Trinajstić information content (AvgIpc) is 2.80. The van der Waals surface area contributed by atoms with Crippen molar-refractivity contribution in [2.24, 2.45) is 0 Å². The smallest absolute Gasteiger partial charge is 0.0540 e. The third-order valence-corrected chi connectivity index (χ3v) is 6.10. The van der Waals surface area contributed by atoms with Crippen LogP contribution in [0.1, 0.15) is 0 Å². The molecule has 0 bridgehead atoms. The van der Waals surface area contributed by atoms with E-state index in [1.165, 1.54) is 32.3 Å². The van der Waals surface area contributed by atoms with Gasteiger partial charge in [-0.15, -0.1) is 0 Å². The summed E-state index contributed by atoms with van der Waals surface area (Å²) in [4.78, 5) is 2.31. The van der Waals surface area contributed by atoms with Gasteiger partial charge in [0.05, 0.1) is 5.69 Å². The molecule has 0 unspecified atom stereocenters. The standard InChI is InChI=1S/C28H18ClN/c29-22-13-15-24(16-14-22)30(23-7-2-1-3-8-23)26-18-12-21-10-9-19-5-4-6-20-11-17-25(26)28(21)27(19)20/h1-18H. The van der Waals surface area contributed by atoms with Crippen LogP contribution in [0, 0.1) is 0 Å². The van der Waals surface area contributed by atoms with Crippen LogP contribution in [-0.2, 0) is 0 Å². The molecule has 6 rings (SSSR count). The van der Waals surface area contributed by atoms with Gasteiger partial charge in [-0.3, -0.25) is 0 Å². The van der Waals surface area contributed by atoms with Gasteiger partial charge in [-0.1, -0.05) is 78.3 Å². The van der Waals surface area contributed by atoms with Gasteiger partial charge in [0.15, 0.2) is 0 Å². The fraction of sp³-hybridized carbons (Fsp3) is 0. The second-order valence-corrected chi connectivity index (χ2v) is 8.02. The van der Waals surface area contributed by atoms with Crippen molar-refractivity contribution in [1.29, 1.82) is 0 Å². The van der Waals surface area contributed by atoms with Gasteiger partial charge in [-0.05, 0) is 69.4 Å². The number of nitrogens with zero attached hydrogens (tertiary/aromatic N) is 1. The van der Waals surface area contributed by atoms with E-state index in [0.29, 0.717) is 0 Å². The highest BCUT2D eigenvalue weighted by molar-refractivity contribution is 6.30. The maximum Gasteiger partial charge on any atom is 0.0540 e. The molecule has 1 nitrogen and oxygen atoms in total. The van der Waals surface area contributed by atoms with Crippen LogP contribution in [0.4, 0.5) is 17.1 Å². The number of benzene rings is 6. The molecule has 6 aromatic rings. The number of para-hydroxylation sites is 1. The monoisotopic (exact) mass is 403 g/mol. The van der Waals surface area contributed by atoms with Crippen molar-refractivity contribution in [2.75, 3.05) is 4.90 Å². The van der Waals surface area contributed by atoms with Crippen LogP contribution in [0.5, 0.6) is 0 Å². The third kappa shape index (κ3) is 2.63. The lowest BCUT2D eigenvalue weighted by Gasteiger charge is -2.27. The van der Waals surface area contributed by atoms with Crippen LogP contribution in [0.15, 0.2) is 109 Å². The van der Waals surface area contributed by atoms with Crippen molar-refractivity contribution >= 4 is 61.0 Å². The summed E-state index contributed by atoms with van der Waals surface area (Å²) >= 11 is 6.19. The van der Waals surface area contributed by atoms with Crippen LogP contribution in [-0.4, -0.2) is 0 Å². The molecule has 0 heterocycles. The Bertz CT molecular complexity index is 1470. The normalized spacial score (nSPS) is 11.5. The number of halogens is 1. The molecule has 2 heteroatoms. The van der Waals surface area contributed by atoms with E-state index in [-0.39, 0.29) is 0 Å². The largest absolute Gasteiger partial charge is 0.310 e. The summed E-state index contributed by atoms with van der Waals surface area (Å²) in [5.41, 5.74) is 3.37. The molecule has 0 fully saturated rings. The molecular formula is C28H18ClN. The molecular weight excluding hydrogens is 386 g/mol. The SMILES string of the molecule is Clc1ccc(N(c2ccccc2)c2ccc3ccc4cccc5ccc2c3c45)cc1. The second kappa shape index (κ2) is 6.76. The van der Waals surface area contributed by atoms with Gasteiger partial charge in [0, 0.05) is 21.8 Å². The molecule has 0 saturated heterocycles. The summed E-state index contributed by atoms with van der Waals surface area (Å²) in [5, 5.41) is 8.46. The van der Waals surface area contributed by atoms with Crippen LogP contribution in [0.2, 0.25) is 5.02 Å². The van der Waals surface area contributed by atoms with E-state index < -0.39 is 0 Å². The summed E-state index contributed by atoms with van der Waals surface area (Å²) in [7, 11) is 0. The molecule has 142 valence electrons. The zero-order chi connectivity index (χ0) is 20.1. The molecule has 30 heavy (non-hydrogen) atoms. The third-order valence-electron chi connectivity index (χ3n) is 5.85. The van der Waals surface area contributed by atoms with E-state index in [4.69, 9.17) is 11.6 Å². The van der Waals surface area contributed by atoms with E-state index in [2.05, 4.69) is 95.9 Å². The lowest BCUT2D eigenvalue weighted by Crippen LogP contribution is -2.10. The van der Waals surface area contributed by atoms with Crippen molar-refractivity contribution in [3.05, 3.63) is 114 Å². The highest BCUT2D eigenvalue weighted by Crippen LogP contribution is 2.43. The van der Waals surface area contributed by atoms with E-state index in [1.807, 2.05) is 18.2 Å². The van der Waals surface area contributed by atoms with E-state index in [0.717, 1.165) is 22.1 Å². The molecule has 0 amide bonds. The Kier molecular flexibility index (Phi) is 3.90. The Morgan fingerprint density at radius 1 is 0.467 bits per heavy atom. The second-order valence-electron chi connectivity index (χ2n) is 7.59. The molecule has 0 N–H and O–H groups in total. The number of anilines is 3. The topological polar surface area (TPSA) is 3.24 Å². The van der Waals surface area contributed by atoms with Crippen LogP contribution < -0.4 is 4.90 Å². The van der Waals surface area contributed by atoms with E-state index in [1.54, 1.807) is 0 Å². The van der Waals surface area contributed by atoms with Crippen molar-refractivity contribution < 1.29 is 0 Å². The maximum atomic E-state index is 6.19. The fourth-order valence-corrected chi connectivity index (χ4v) is 4.64. The first-order chi connectivity index (χ1) is 14.8. The quantitative estimate of drug-likeness (QED) is 0.267. The summed E-state index contributed by atoms with van der Waals surface area (Å²) < 4.78 is 0. The molecule has 0 aromatic heterocycles. The van der Waals surface area contributed by atoms with Crippen molar-refractivity contribution in [3.8, 4) is 0 Å². The van der Waals surface area contributed by atoms with Crippen LogP contribution in [0.25, 0.3) is 32.3 Å². The first kappa shape index (κ1) is 17.3. The van der Waals surface area contributed by atoms with Crippen molar-refractivity contribution in [3.63, 3.8) is 0 Å². The molecule has 6 aromatic carbocycles. The first-order valence-electron chi connectivity index (χ1n) is 10.1. The van der Waals surface area contributed by atoms with E-state index in [9.17, 15) is 0 Å². The summed E-state index contributed by atoms with van der Waals surface area (Å²) in [6.07, 6.45) is 0. The minimum atomic E-state index is 0.738. The average molecular weight is 404 g/mol. The molecule has 0 saturated carbocycles. The Labute approximate surface area is 180 Å². The molecule has 0 radical (unpaired) electrons. The Morgan fingerprint density at radius 3 is 1.80 bits per heavy atom. The molecule has 0 aliphatic heterocycles. The number of hydrogen-bond donors (Lipinski definition) is 0. The van der Waals surface area contributed by atoms with Gasteiger partial charge in [-0.25, -0.2) is 0 Å². The predicted octanol–water partition coefficient (Wildman–Crippen LogP) is 8.71. The molecule has 0 aliphatic carbocycles. The van der Waals surface area contributed by atoms with Crippen LogP contribution >= 0.6 is 11.6 Å². The first-order valence-corrected chi connectivity index (χ1v) is 10.4. The van der Waals surface area contributed by atoms with E-state index >= 15 is 0 Å². The summed E-state index contributed by atoms with van der Waals surface area (Å²) in [6, 6.07) is 38.5. The van der Waals surface area contributed by atoms with Gasteiger partial charge in [0.25, 0.3) is 0 Å². The van der Waals surface area contributed by atoms with Crippen LogP contribution in [0.3, 0.4) is 0 Å². The van der Waals surface area contributed by atoms with Crippen molar-refractivity contribution in [1.82, 2.24) is 0 Å². The zero-order valence-corrected chi connectivity index (χ0v) is 17.0. The van der Waals surface area contributed by atoms with Gasteiger partial charge >= 0.3 is 0 Å². The molecule has 0 atom stereocenters. The van der Waals surface area contributed by atoms with Gasteiger partial charge in [-0.2, -0.15) is 0 Å². The lowest BCUT2D eigenvalue weighted by molar-refractivity contribution is 1.30. The Hall–Kier alpha value is -3.55. The minimum absolute atomic E-state index is 0.738. The highest BCUT2D eigenvalue weighted by Gasteiger charge is 2.17. The van der Waals surface area contributed by atoms with Gasteiger partial charge in [0.2, 0.25) is 0 Å². The predicted molar refractivity (Wildman–Crippen MR) is 130 cm³/mol. The maximum absolute atomic E-state index is 6.19. The Balaban J connectivity index is 1.71. The van der Waals surface area contributed by atoms with Gasteiger partial charge < -0.3 is 4.90 Å². The van der Waals surface area contributed by atoms with Gasteiger partial charge in [0.1, 0.15) is 0 Å². The highest BCUT2D eigenvalue weighted by atomic mass is 35.5. The minimum Gasteiger partial charge on any atom is -0.310 e.